The fourth-order valence-corrected chi connectivity index (χ4v) is 3.92. The Balaban J connectivity index is 1.59. The normalized spacial score (nSPS) is 15.6. The first kappa shape index (κ1) is 18.3. The molecule has 1 aromatic carbocycles. The monoisotopic (exact) mass is 478 g/mol. The number of piperazine rings is 1. The van der Waals surface area contributed by atoms with Gasteiger partial charge >= 0.3 is 6.09 Å². The van der Waals surface area contributed by atoms with Gasteiger partial charge in [0.25, 0.3) is 0 Å². The Morgan fingerprint density at radius 3 is 2.59 bits per heavy atom. The predicted molar refractivity (Wildman–Crippen MR) is 116 cm³/mol. The number of carbonyl (C=O) groups is 1. The zero-order valence-corrected chi connectivity index (χ0v) is 17.9. The van der Waals surface area contributed by atoms with Crippen molar-refractivity contribution in [2.45, 2.75) is 26.4 Å². The van der Waals surface area contributed by atoms with E-state index in [-0.39, 0.29) is 6.09 Å². The van der Waals surface area contributed by atoms with E-state index in [1.54, 1.807) is 4.90 Å². The van der Waals surface area contributed by atoms with Gasteiger partial charge in [0.1, 0.15) is 11.4 Å². The van der Waals surface area contributed by atoms with Gasteiger partial charge in [0.15, 0.2) is 0 Å². The Labute approximate surface area is 172 Å². The number of nitrogens with one attached hydrogen (secondary N) is 1. The number of amides is 1. The van der Waals surface area contributed by atoms with Gasteiger partial charge in [-0.25, -0.2) is 9.78 Å². The van der Waals surface area contributed by atoms with Crippen LogP contribution in [0.2, 0.25) is 0 Å². The maximum absolute atomic E-state index is 12.3. The summed E-state index contributed by atoms with van der Waals surface area (Å²) in [4.78, 5) is 24.6. The van der Waals surface area contributed by atoms with Crippen molar-refractivity contribution >= 4 is 56.3 Å². The average Bonchev–Trinajstić information content (AvgIpc) is 3.10. The number of nitrogens with zero attached hydrogens (tertiary/aromatic N) is 3. The van der Waals surface area contributed by atoms with E-state index in [0.29, 0.717) is 13.1 Å². The van der Waals surface area contributed by atoms with Crippen LogP contribution in [0, 0.1) is 3.57 Å². The van der Waals surface area contributed by atoms with Crippen molar-refractivity contribution in [1.29, 1.82) is 0 Å². The Morgan fingerprint density at radius 1 is 1.15 bits per heavy atom. The molecule has 6 nitrogen and oxygen atoms in total. The zero-order valence-electron chi connectivity index (χ0n) is 15.8. The minimum absolute atomic E-state index is 0.241. The van der Waals surface area contributed by atoms with Crippen molar-refractivity contribution in [2.24, 2.45) is 0 Å². The number of rotatable bonds is 1. The molecule has 1 amide bonds. The lowest BCUT2D eigenvalue weighted by atomic mass is 10.1. The first-order valence-corrected chi connectivity index (χ1v) is 10.2. The fraction of sp³-hybridized carbons (Fsp3) is 0.400. The third kappa shape index (κ3) is 3.69. The summed E-state index contributed by atoms with van der Waals surface area (Å²) in [6.45, 7) is 8.42. The summed E-state index contributed by atoms with van der Waals surface area (Å²) >= 11 is 2.33. The Hall–Kier alpha value is -2.03. The van der Waals surface area contributed by atoms with Gasteiger partial charge in [-0.05, 0) is 67.6 Å². The number of pyridine rings is 1. The second kappa shape index (κ2) is 6.85. The molecule has 0 aliphatic carbocycles. The summed E-state index contributed by atoms with van der Waals surface area (Å²) in [6, 6.07) is 8.38. The minimum Gasteiger partial charge on any atom is -0.444 e. The van der Waals surface area contributed by atoms with E-state index in [1.165, 1.54) is 3.57 Å². The molecule has 3 heterocycles. The summed E-state index contributed by atoms with van der Waals surface area (Å²) in [6.07, 6.45) is 1.72. The molecule has 3 aromatic rings. The molecule has 7 heteroatoms. The molecule has 0 spiro atoms. The van der Waals surface area contributed by atoms with Crippen LogP contribution in [0.5, 0.6) is 0 Å². The van der Waals surface area contributed by atoms with Crippen LogP contribution in [0.1, 0.15) is 20.8 Å². The number of aromatic nitrogens is 2. The highest BCUT2D eigenvalue weighted by atomic mass is 127. The molecule has 0 atom stereocenters. The first-order chi connectivity index (χ1) is 12.8. The highest BCUT2D eigenvalue weighted by Gasteiger charge is 2.27. The van der Waals surface area contributed by atoms with E-state index in [0.717, 1.165) is 40.7 Å². The first-order valence-electron chi connectivity index (χ1n) is 9.11. The quantitative estimate of drug-likeness (QED) is 0.528. The number of H-pyrrole nitrogens is 1. The standard InChI is InChI=1S/C20H23IN4O2/c1-20(2,3)27-19(26)25-10-8-24(9-11-25)18-14-6-7-22-17(14)15-12-13(21)4-5-16(15)23-18/h4-7,12,22H,8-11H2,1-3H3. The molecule has 0 saturated carbocycles. The van der Waals surface area contributed by atoms with E-state index in [2.05, 4.69) is 56.7 Å². The van der Waals surface area contributed by atoms with Crippen LogP contribution in [0.15, 0.2) is 30.5 Å². The zero-order chi connectivity index (χ0) is 19.2. The van der Waals surface area contributed by atoms with Crippen molar-refractivity contribution in [2.75, 3.05) is 31.1 Å². The lowest BCUT2D eigenvalue weighted by Crippen LogP contribution is -2.50. The van der Waals surface area contributed by atoms with Crippen LogP contribution in [-0.2, 0) is 4.74 Å². The Bertz CT molecular complexity index is 1000. The summed E-state index contributed by atoms with van der Waals surface area (Å²) in [5, 5.41) is 2.26. The van der Waals surface area contributed by atoms with Gasteiger partial charge in [-0.1, -0.05) is 0 Å². The third-order valence-electron chi connectivity index (χ3n) is 4.67. The summed E-state index contributed by atoms with van der Waals surface area (Å²) in [5.41, 5.74) is 1.63. The average molecular weight is 478 g/mol. The molecular formula is C20H23IN4O2. The molecule has 2 aromatic heterocycles. The topological polar surface area (TPSA) is 61.5 Å². The molecule has 0 unspecified atom stereocenters. The lowest BCUT2D eigenvalue weighted by molar-refractivity contribution is 0.0240. The Kier molecular flexibility index (Phi) is 4.65. The lowest BCUT2D eigenvalue weighted by Gasteiger charge is -2.36. The van der Waals surface area contributed by atoms with Crippen molar-refractivity contribution < 1.29 is 9.53 Å². The number of benzene rings is 1. The highest BCUT2D eigenvalue weighted by molar-refractivity contribution is 14.1. The second-order valence-corrected chi connectivity index (χ2v) is 9.06. The van der Waals surface area contributed by atoms with Gasteiger partial charge in [0.05, 0.1) is 11.0 Å². The van der Waals surface area contributed by atoms with Crippen LogP contribution in [0.3, 0.4) is 0 Å². The van der Waals surface area contributed by atoms with Gasteiger partial charge in [-0.2, -0.15) is 0 Å². The van der Waals surface area contributed by atoms with E-state index >= 15 is 0 Å². The second-order valence-electron chi connectivity index (χ2n) is 7.82. The molecule has 0 bridgehead atoms. The molecule has 1 saturated heterocycles. The fourth-order valence-electron chi connectivity index (χ4n) is 3.43. The number of anilines is 1. The van der Waals surface area contributed by atoms with Gasteiger partial charge in [-0.15, -0.1) is 0 Å². The molecule has 0 radical (unpaired) electrons. The summed E-state index contributed by atoms with van der Waals surface area (Å²) in [7, 11) is 0. The van der Waals surface area contributed by atoms with E-state index < -0.39 is 5.60 Å². The molecule has 1 aliphatic rings. The van der Waals surface area contributed by atoms with Crippen molar-refractivity contribution in [3.63, 3.8) is 0 Å². The van der Waals surface area contributed by atoms with Gasteiger partial charge in [0, 0.05) is 46.7 Å². The molecule has 1 N–H and O–H groups in total. The van der Waals surface area contributed by atoms with E-state index in [1.807, 2.05) is 27.0 Å². The number of aromatic amines is 1. The van der Waals surface area contributed by atoms with Crippen LogP contribution in [-0.4, -0.2) is 52.7 Å². The smallest absolute Gasteiger partial charge is 0.410 e. The Morgan fingerprint density at radius 2 is 1.89 bits per heavy atom. The minimum atomic E-state index is -0.469. The molecule has 1 aliphatic heterocycles. The van der Waals surface area contributed by atoms with Gasteiger partial charge in [-0.3, -0.25) is 0 Å². The third-order valence-corrected chi connectivity index (χ3v) is 5.34. The maximum atomic E-state index is 12.3. The van der Waals surface area contributed by atoms with Crippen LogP contribution in [0.25, 0.3) is 21.8 Å². The number of carbonyl (C=O) groups excluding carboxylic acids is 1. The maximum Gasteiger partial charge on any atom is 0.410 e. The predicted octanol–water partition coefficient (Wildman–Crippen LogP) is 4.38. The van der Waals surface area contributed by atoms with Crippen molar-refractivity contribution in [3.05, 3.63) is 34.0 Å². The van der Waals surface area contributed by atoms with Gasteiger partial charge in [0.2, 0.25) is 0 Å². The number of ether oxygens (including phenoxy) is 1. The van der Waals surface area contributed by atoms with Crippen molar-refractivity contribution in [3.8, 4) is 0 Å². The number of hydrogen-bond donors (Lipinski definition) is 1. The summed E-state index contributed by atoms with van der Waals surface area (Å²) in [5.74, 6) is 0.976. The van der Waals surface area contributed by atoms with E-state index in [9.17, 15) is 4.79 Å². The van der Waals surface area contributed by atoms with Crippen LogP contribution in [0.4, 0.5) is 10.6 Å². The number of hydrogen-bond acceptors (Lipinski definition) is 4. The largest absolute Gasteiger partial charge is 0.444 e. The SMILES string of the molecule is CC(C)(C)OC(=O)N1CCN(c2nc3ccc(I)cc3c3[nH]ccc23)CC1. The molecule has 4 rings (SSSR count). The van der Waals surface area contributed by atoms with Gasteiger partial charge < -0.3 is 19.5 Å². The molecular weight excluding hydrogens is 455 g/mol. The molecule has 1 fully saturated rings. The molecule has 27 heavy (non-hydrogen) atoms. The van der Waals surface area contributed by atoms with Crippen molar-refractivity contribution in [1.82, 2.24) is 14.9 Å². The molecule has 142 valence electrons. The summed E-state index contributed by atoms with van der Waals surface area (Å²) < 4.78 is 6.68. The van der Waals surface area contributed by atoms with Crippen LogP contribution < -0.4 is 4.90 Å². The number of halogens is 1. The van der Waals surface area contributed by atoms with E-state index in [4.69, 9.17) is 9.72 Å². The number of fused-ring (bicyclic) bond motifs is 3. The van der Waals surface area contributed by atoms with Crippen LogP contribution >= 0.6 is 22.6 Å². The highest BCUT2D eigenvalue weighted by Crippen LogP contribution is 2.32.